The van der Waals surface area contributed by atoms with Crippen molar-refractivity contribution in [2.24, 2.45) is 0 Å². The van der Waals surface area contributed by atoms with Gasteiger partial charge in [0.2, 0.25) is 0 Å². The summed E-state index contributed by atoms with van der Waals surface area (Å²) >= 11 is 5.86. The van der Waals surface area contributed by atoms with Crippen LogP contribution < -0.4 is 9.47 Å². The number of halogens is 1. The lowest BCUT2D eigenvalue weighted by molar-refractivity contribution is -0.144. The van der Waals surface area contributed by atoms with Crippen LogP contribution in [0.4, 0.5) is 0 Å². The Morgan fingerprint density at radius 2 is 1.54 bits per heavy atom. The minimum atomic E-state index is -0.607. The molecule has 0 bridgehead atoms. The molecule has 1 unspecified atom stereocenters. The Morgan fingerprint density at radius 3 is 2.18 bits per heavy atom. The lowest BCUT2D eigenvalue weighted by Crippen LogP contribution is -2.54. The molecular weight excluding hydrogens is 380 g/mol. The number of carbonyl (C=O) groups excluding carboxylic acids is 2. The predicted octanol–water partition coefficient (Wildman–Crippen LogP) is 2.86. The van der Waals surface area contributed by atoms with Crippen molar-refractivity contribution in [2.75, 3.05) is 32.8 Å². The maximum absolute atomic E-state index is 12.6. The number of hydrogen-bond donors (Lipinski definition) is 0. The van der Waals surface area contributed by atoms with Crippen LogP contribution in [0.5, 0.6) is 11.5 Å². The Kier molecular flexibility index (Phi) is 6.76. The van der Waals surface area contributed by atoms with Gasteiger partial charge in [-0.2, -0.15) is 0 Å². The van der Waals surface area contributed by atoms with Crippen molar-refractivity contribution in [1.82, 2.24) is 9.80 Å². The minimum Gasteiger partial charge on any atom is -0.484 e. The van der Waals surface area contributed by atoms with E-state index in [1.54, 1.807) is 41.0 Å². The van der Waals surface area contributed by atoms with Gasteiger partial charge in [-0.05, 0) is 43.3 Å². The summed E-state index contributed by atoms with van der Waals surface area (Å²) in [6.45, 7) is 3.64. The molecule has 6 nitrogen and oxygen atoms in total. The molecule has 1 aliphatic heterocycles. The highest BCUT2D eigenvalue weighted by Gasteiger charge is 2.28. The second kappa shape index (κ2) is 9.46. The van der Waals surface area contributed by atoms with Gasteiger partial charge in [0.25, 0.3) is 11.8 Å². The predicted molar refractivity (Wildman–Crippen MR) is 107 cm³/mol. The topological polar surface area (TPSA) is 59.1 Å². The molecule has 1 heterocycles. The van der Waals surface area contributed by atoms with E-state index < -0.39 is 6.10 Å². The summed E-state index contributed by atoms with van der Waals surface area (Å²) in [4.78, 5) is 28.4. The summed E-state index contributed by atoms with van der Waals surface area (Å²) in [6, 6.07) is 16.1. The zero-order valence-corrected chi connectivity index (χ0v) is 16.5. The van der Waals surface area contributed by atoms with Crippen LogP contribution in [0.3, 0.4) is 0 Å². The van der Waals surface area contributed by atoms with Gasteiger partial charge in [0.05, 0.1) is 0 Å². The fraction of sp³-hybridized carbons (Fsp3) is 0.333. The Hall–Kier alpha value is -2.73. The number of para-hydroxylation sites is 1. The second-order valence-corrected chi connectivity index (χ2v) is 6.96. The largest absolute Gasteiger partial charge is 0.484 e. The highest BCUT2D eigenvalue weighted by atomic mass is 35.5. The van der Waals surface area contributed by atoms with Crippen LogP contribution >= 0.6 is 11.6 Å². The molecule has 7 heteroatoms. The standard InChI is InChI=1S/C21H23ClN2O4/c1-16(28-19-9-7-17(22)8-10-19)21(26)24-13-11-23(12-14-24)20(25)15-27-18-5-3-2-4-6-18/h2-10,16H,11-15H2,1H3. The van der Waals surface area contributed by atoms with Crippen LogP contribution in [0, 0.1) is 0 Å². The van der Waals surface area contributed by atoms with Crippen molar-refractivity contribution in [3.05, 3.63) is 59.6 Å². The Labute approximate surface area is 169 Å². The number of hydrogen-bond acceptors (Lipinski definition) is 4. The number of ether oxygens (including phenoxy) is 2. The number of nitrogens with zero attached hydrogens (tertiary/aromatic N) is 2. The third kappa shape index (κ3) is 5.39. The molecule has 0 aromatic heterocycles. The molecule has 1 saturated heterocycles. The van der Waals surface area contributed by atoms with E-state index >= 15 is 0 Å². The van der Waals surface area contributed by atoms with Gasteiger partial charge >= 0.3 is 0 Å². The lowest BCUT2D eigenvalue weighted by Gasteiger charge is -2.35. The first-order valence-electron chi connectivity index (χ1n) is 9.19. The summed E-state index contributed by atoms with van der Waals surface area (Å²) < 4.78 is 11.2. The third-order valence-electron chi connectivity index (χ3n) is 4.52. The van der Waals surface area contributed by atoms with E-state index in [2.05, 4.69) is 0 Å². The van der Waals surface area contributed by atoms with Gasteiger partial charge in [-0.25, -0.2) is 0 Å². The molecule has 1 aliphatic rings. The number of amides is 2. The monoisotopic (exact) mass is 402 g/mol. The van der Waals surface area contributed by atoms with Crippen molar-refractivity contribution in [3.8, 4) is 11.5 Å². The highest BCUT2D eigenvalue weighted by Crippen LogP contribution is 2.18. The van der Waals surface area contributed by atoms with Crippen LogP contribution in [0.1, 0.15) is 6.92 Å². The number of carbonyl (C=O) groups is 2. The summed E-state index contributed by atoms with van der Waals surface area (Å²) in [5.41, 5.74) is 0. The summed E-state index contributed by atoms with van der Waals surface area (Å²) in [5, 5.41) is 0.614. The molecular formula is C21H23ClN2O4. The van der Waals surface area contributed by atoms with E-state index in [1.165, 1.54) is 0 Å². The molecule has 0 spiro atoms. The van der Waals surface area contributed by atoms with Crippen LogP contribution in [-0.4, -0.2) is 60.5 Å². The fourth-order valence-electron chi connectivity index (χ4n) is 2.95. The average Bonchev–Trinajstić information content (AvgIpc) is 2.74. The highest BCUT2D eigenvalue weighted by molar-refractivity contribution is 6.30. The second-order valence-electron chi connectivity index (χ2n) is 6.52. The Morgan fingerprint density at radius 1 is 0.929 bits per heavy atom. The van der Waals surface area contributed by atoms with Crippen LogP contribution in [0.15, 0.2) is 54.6 Å². The quantitative estimate of drug-likeness (QED) is 0.745. The van der Waals surface area contributed by atoms with E-state index in [0.717, 1.165) is 0 Å². The minimum absolute atomic E-state index is 0.00591. The molecule has 1 fully saturated rings. The van der Waals surface area contributed by atoms with Crippen molar-refractivity contribution in [1.29, 1.82) is 0 Å². The normalized spacial score (nSPS) is 15.1. The maximum atomic E-state index is 12.6. The van der Waals surface area contributed by atoms with Gasteiger partial charge in [-0.1, -0.05) is 29.8 Å². The zero-order valence-electron chi connectivity index (χ0n) is 15.7. The number of piperazine rings is 1. The van der Waals surface area contributed by atoms with Gasteiger partial charge in [-0.15, -0.1) is 0 Å². The Bertz CT molecular complexity index is 790. The van der Waals surface area contributed by atoms with E-state index in [1.807, 2.05) is 30.3 Å². The first-order valence-corrected chi connectivity index (χ1v) is 9.57. The summed E-state index contributed by atoms with van der Waals surface area (Å²) in [7, 11) is 0. The maximum Gasteiger partial charge on any atom is 0.263 e. The smallest absolute Gasteiger partial charge is 0.263 e. The van der Waals surface area contributed by atoms with Gasteiger partial charge in [0.15, 0.2) is 12.7 Å². The fourth-order valence-corrected chi connectivity index (χ4v) is 3.08. The van der Waals surface area contributed by atoms with Gasteiger partial charge < -0.3 is 19.3 Å². The first kappa shape index (κ1) is 20.0. The molecule has 0 aliphatic carbocycles. The van der Waals surface area contributed by atoms with Gasteiger partial charge in [0.1, 0.15) is 11.5 Å². The molecule has 148 valence electrons. The molecule has 2 amide bonds. The molecule has 28 heavy (non-hydrogen) atoms. The van der Waals surface area contributed by atoms with Crippen molar-refractivity contribution < 1.29 is 19.1 Å². The van der Waals surface area contributed by atoms with Crippen LogP contribution in [0.25, 0.3) is 0 Å². The summed E-state index contributed by atoms with van der Waals surface area (Å²) in [5.74, 6) is 1.08. The molecule has 0 N–H and O–H groups in total. The molecule has 3 rings (SSSR count). The van der Waals surface area contributed by atoms with E-state index in [4.69, 9.17) is 21.1 Å². The first-order chi connectivity index (χ1) is 13.5. The van der Waals surface area contributed by atoms with Crippen LogP contribution in [0.2, 0.25) is 5.02 Å². The molecule has 1 atom stereocenters. The van der Waals surface area contributed by atoms with E-state index in [-0.39, 0.29) is 18.4 Å². The SMILES string of the molecule is CC(Oc1ccc(Cl)cc1)C(=O)N1CCN(C(=O)COc2ccccc2)CC1. The molecule has 0 saturated carbocycles. The number of rotatable bonds is 6. The lowest BCUT2D eigenvalue weighted by atomic mass is 10.2. The average molecular weight is 403 g/mol. The third-order valence-corrected chi connectivity index (χ3v) is 4.78. The van der Waals surface area contributed by atoms with Crippen molar-refractivity contribution in [3.63, 3.8) is 0 Å². The van der Waals surface area contributed by atoms with E-state index in [9.17, 15) is 9.59 Å². The van der Waals surface area contributed by atoms with Gasteiger partial charge in [0, 0.05) is 31.2 Å². The molecule has 2 aromatic rings. The number of benzene rings is 2. The Balaban J connectivity index is 1.44. The van der Waals surface area contributed by atoms with Crippen LogP contribution in [-0.2, 0) is 9.59 Å². The summed E-state index contributed by atoms with van der Waals surface area (Å²) in [6.07, 6.45) is -0.607. The van der Waals surface area contributed by atoms with Crippen molar-refractivity contribution >= 4 is 23.4 Å². The zero-order chi connectivity index (χ0) is 19.9. The molecule has 0 radical (unpaired) electrons. The molecule has 2 aromatic carbocycles. The van der Waals surface area contributed by atoms with Gasteiger partial charge in [-0.3, -0.25) is 9.59 Å². The van der Waals surface area contributed by atoms with Crippen molar-refractivity contribution in [2.45, 2.75) is 13.0 Å². The van der Waals surface area contributed by atoms with E-state index in [0.29, 0.717) is 42.7 Å².